The van der Waals surface area contributed by atoms with Crippen molar-refractivity contribution in [2.24, 2.45) is 0 Å². The summed E-state index contributed by atoms with van der Waals surface area (Å²) in [6, 6.07) is 4.60. The summed E-state index contributed by atoms with van der Waals surface area (Å²) in [7, 11) is -1.91. The van der Waals surface area contributed by atoms with Crippen LogP contribution < -0.4 is 10.0 Å². The summed E-state index contributed by atoms with van der Waals surface area (Å²) in [6.45, 7) is 0.936. The molecule has 20 heavy (non-hydrogen) atoms. The van der Waals surface area contributed by atoms with Gasteiger partial charge in [-0.2, -0.15) is 13.2 Å². The van der Waals surface area contributed by atoms with Crippen molar-refractivity contribution in [2.75, 3.05) is 20.1 Å². The van der Waals surface area contributed by atoms with Gasteiger partial charge in [-0.3, -0.25) is 0 Å². The Labute approximate surface area is 120 Å². The highest BCUT2D eigenvalue weighted by molar-refractivity contribution is 8.00. The van der Waals surface area contributed by atoms with Gasteiger partial charge >= 0.3 is 5.51 Å². The lowest BCUT2D eigenvalue weighted by molar-refractivity contribution is -0.0328. The summed E-state index contributed by atoms with van der Waals surface area (Å²) in [5, 5.41) is 2.88. The molecule has 0 heterocycles. The first-order chi connectivity index (χ1) is 9.24. The van der Waals surface area contributed by atoms with Crippen molar-refractivity contribution < 1.29 is 21.6 Å². The van der Waals surface area contributed by atoms with E-state index < -0.39 is 15.5 Å². The minimum absolute atomic E-state index is 0.0477. The second-order valence-corrected chi connectivity index (χ2v) is 6.78. The van der Waals surface area contributed by atoms with E-state index in [0.717, 1.165) is 24.3 Å². The van der Waals surface area contributed by atoms with Gasteiger partial charge in [-0.1, -0.05) is 0 Å². The van der Waals surface area contributed by atoms with Gasteiger partial charge in [-0.05, 0) is 56.0 Å². The standard InChI is InChI=1S/C11H15F3N2O2S2/c1-15-7-2-8-16-20(17,18)10-5-3-9(4-6-10)19-11(12,13)14/h3-6,15-16H,2,7-8H2,1H3. The van der Waals surface area contributed by atoms with Crippen LogP contribution in [0.3, 0.4) is 0 Å². The number of nitrogens with one attached hydrogen (secondary N) is 2. The number of halogens is 3. The largest absolute Gasteiger partial charge is 0.446 e. The molecular weight excluding hydrogens is 313 g/mol. The molecule has 0 radical (unpaired) electrons. The van der Waals surface area contributed by atoms with Crippen LogP contribution in [0, 0.1) is 0 Å². The van der Waals surface area contributed by atoms with Gasteiger partial charge in [0, 0.05) is 11.4 Å². The van der Waals surface area contributed by atoms with Crippen LogP contribution in [0.5, 0.6) is 0 Å². The summed E-state index contributed by atoms with van der Waals surface area (Å²) in [5.74, 6) is 0. The molecule has 0 amide bonds. The van der Waals surface area contributed by atoms with E-state index in [4.69, 9.17) is 0 Å². The van der Waals surface area contributed by atoms with Gasteiger partial charge in [0.25, 0.3) is 0 Å². The summed E-state index contributed by atoms with van der Waals surface area (Å²) < 4.78 is 62.5. The van der Waals surface area contributed by atoms with E-state index in [1.54, 1.807) is 7.05 Å². The van der Waals surface area contributed by atoms with Crippen LogP contribution in [0.25, 0.3) is 0 Å². The van der Waals surface area contributed by atoms with Crippen LogP contribution in [0.4, 0.5) is 13.2 Å². The third-order valence-electron chi connectivity index (χ3n) is 2.26. The minimum Gasteiger partial charge on any atom is -0.320 e. The van der Waals surface area contributed by atoms with E-state index in [-0.39, 0.29) is 28.1 Å². The highest BCUT2D eigenvalue weighted by Crippen LogP contribution is 2.36. The molecule has 0 spiro atoms. The molecule has 4 nitrogen and oxygen atoms in total. The van der Waals surface area contributed by atoms with Crippen molar-refractivity contribution in [1.29, 1.82) is 0 Å². The topological polar surface area (TPSA) is 58.2 Å². The highest BCUT2D eigenvalue weighted by atomic mass is 32.2. The van der Waals surface area contributed by atoms with Crippen LogP contribution in [0.15, 0.2) is 34.1 Å². The molecule has 0 unspecified atom stereocenters. The van der Waals surface area contributed by atoms with Gasteiger partial charge < -0.3 is 5.32 Å². The Morgan fingerprint density at radius 2 is 1.75 bits per heavy atom. The molecule has 0 aromatic heterocycles. The lowest BCUT2D eigenvalue weighted by atomic mass is 10.4. The van der Waals surface area contributed by atoms with E-state index in [1.807, 2.05) is 0 Å². The molecule has 0 bridgehead atoms. The van der Waals surface area contributed by atoms with E-state index in [2.05, 4.69) is 10.0 Å². The molecule has 0 fully saturated rings. The zero-order chi connectivity index (χ0) is 15.2. The first-order valence-electron chi connectivity index (χ1n) is 5.75. The van der Waals surface area contributed by atoms with Crippen molar-refractivity contribution in [3.05, 3.63) is 24.3 Å². The highest BCUT2D eigenvalue weighted by Gasteiger charge is 2.29. The molecule has 0 atom stereocenters. The SMILES string of the molecule is CNCCCNS(=O)(=O)c1ccc(SC(F)(F)F)cc1. The van der Waals surface area contributed by atoms with Crippen molar-refractivity contribution in [3.63, 3.8) is 0 Å². The normalized spacial score (nSPS) is 12.6. The average molecular weight is 328 g/mol. The maximum absolute atomic E-state index is 12.1. The van der Waals surface area contributed by atoms with Crippen molar-refractivity contribution in [3.8, 4) is 0 Å². The number of benzene rings is 1. The summed E-state index contributed by atoms with van der Waals surface area (Å²) >= 11 is -0.279. The summed E-state index contributed by atoms with van der Waals surface area (Å²) in [5.41, 5.74) is -4.38. The lowest BCUT2D eigenvalue weighted by Gasteiger charge is -2.08. The Morgan fingerprint density at radius 3 is 2.25 bits per heavy atom. The van der Waals surface area contributed by atoms with Crippen LogP contribution in [0.2, 0.25) is 0 Å². The van der Waals surface area contributed by atoms with Crippen LogP contribution in [0.1, 0.15) is 6.42 Å². The maximum atomic E-state index is 12.1. The summed E-state index contributed by atoms with van der Waals surface area (Å²) in [6.07, 6.45) is 0.623. The molecule has 9 heteroatoms. The first kappa shape index (κ1) is 17.3. The molecule has 0 aliphatic heterocycles. The number of hydrogen-bond acceptors (Lipinski definition) is 4. The second kappa shape index (κ2) is 7.30. The number of thioether (sulfide) groups is 1. The van der Waals surface area contributed by atoms with E-state index >= 15 is 0 Å². The smallest absolute Gasteiger partial charge is 0.320 e. The fourth-order valence-electron chi connectivity index (χ4n) is 1.38. The molecule has 114 valence electrons. The van der Waals surface area contributed by atoms with E-state index in [1.165, 1.54) is 0 Å². The van der Waals surface area contributed by atoms with Crippen LogP contribution in [-0.4, -0.2) is 34.1 Å². The molecule has 1 rings (SSSR count). The molecular formula is C11H15F3N2O2S2. The van der Waals surface area contributed by atoms with Crippen molar-refractivity contribution in [2.45, 2.75) is 21.7 Å². The number of sulfonamides is 1. The summed E-state index contributed by atoms with van der Waals surface area (Å²) in [4.78, 5) is -0.0971. The molecule has 1 aromatic rings. The van der Waals surface area contributed by atoms with Gasteiger partial charge in [-0.25, -0.2) is 13.1 Å². The zero-order valence-corrected chi connectivity index (χ0v) is 12.3. The predicted molar refractivity (Wildman–Crippen MR) is 72.1 cm³/mol. The van der Waals surface area contributed by atoms with Crippen LogP contribution >= 0.6 is 11.8 Å². The van der Waals surface area contributed by atoms with Crippen molar-refractivity contribution >= 4 is 21.8 Å². The van der Waals surface area contributed by atoms with E-state index in [9.17, 15) is 21.6 Å². The Hall–Kier alpha value is -0.770. The number of hydrogen-bond donors (Lipinski definition) is 2. The third-order valence-corrected chi connectivity index (χ3v) is 4.48. The minimum atomic E-state index is -4.38. The Morgan fingerprint density at radius 1 is 1.15 bits per heavy atom. The Balaban J connectivity index is 2.67. The van der Waals surface area contributed by atoms with Gasteiger partial charge in [0.05, 0.1) is 4.90 Å². The predicted octanol–water partition coefficient (Wildman–Crippen LogP) is 2.19. The maximum Gasteiger partial charge on any atom is 0.446 e. The number of rotatable bonds is 7. The Bertz CT molecular complexity index is 515. The monoisotopic (exact) mass is 328 g/mol. The molecule has 0 aliphatic rings. The molecule has 1 aromatic carbocycles. The quantitative estimate of drug-likeness (QED) is 0.595. The lowest BCUT2D eigenvalue weighted by Crippen LogP contribution is -2.26. The number of alkyl halides is 3. The van der Waals surface area contributed by atoms with E-state index in [0.29, 0.717) is 13.0 Å². The zero-order valence-electron chi connectivity index (χ0n) is 10.7. The Kier molecular flexibility index (Phi) is 6.31. The second-order valence-electron chi connectivity index (χ2n) is 3.87. The molecule has 2 N–H and O–H groups in total. The molecule has 0 saturated heterocycles. The van der Waals surface area contributed by atoms with Crippen LogP contribution in [-0.2, 0) is 10.0 Å². The van der Waals surface area contributed by atoms with Gasteiger partial charge in [0.2, 0.25) is 10.0 Å². The van der Waals surface area contributed by atoms with Gasteiger partial charge in [0.1, 0.15) is 0 Å². The average Bonchev–Trinajstić information content (AvgIpc) is 2.33. The molecule has 0 saturated carbocycles. The fraction of sp³-hybridized carbons (Fsp3) is 0.455. The van der Waals surface area contributed by atoms with Gasteiger partial charge in [0.15, 0.2) is 0 Å². The van der Waals surface area contributed by atoms with Gasteiger partial charge in [-0.15, -0.1) is 0 Å². The van der Waals surface area contributed by atoms with Crippen molar-refractivity contribution in [1.82, 2.24) is 10.0 Å². The molecule has 0 aliphatic carbocycles. The fourth-order valence-corrected chi connectivity index (χ4v) is 2.99. The third kappa shape index (κ3) is 6.12. The first-order valence-corrected chi connectivity index (χ1v) is 8.04.